The number of aliphatic hydroxyl groups is 1. The topological polar surface area (TPSA) is 231 Å². The highest BCUT2D eigenvalue weighted by atomic mass is 16.7. The van der Waals surface area contributed by atoms with Crippen LogP contribution in [0.25, 0.3) is 11.1 Å². The van der Waals surface area contributed by atoms with E-state index < -0.39 is 91.0 Å². The molecule has 0 spiro atoms. The molecule has 17 nitrogen and oxygen atoms in total. The first-order valence-electron chi connectivity index (χ1n) is 19.8. The molecule has 0 radical (unpaired) electrons. The molecule has 4 N–H and O–H groups in total. The van der Waals surface area contributed by atoms with E-state index in [-0.39, 0.29) is 29.7 Å². The Balaban J connectivity index is 1.27. The van der Waals surface area contributed by atoms with E-state index in [1.165, 1.54) is 25.1 Å². The van der Waals surface area contributed by atoms with Crippen molar-refractivity contribution in [2.45, 2.75) is 96.7 Å². The van der Waals surface area contributed by atoms with Crippen molar-refractivity contribution in [3.8, 4) is 23.0 Å². The lowest BCUT2D eigenvalue weighted by Gasteiger charge is -2.42. The molecule has 3 amide bonds. The van der Waals surface area contributed by atoms with Crippen molar-refractivity contribution >= 4 is 47.5 Å². The molecule has 1 fully saturated rings. The summed E-state index contributed by atoms with van der Waals surface area (Å²) in [6, 6.07) is 18.1. The van der Waals surface area contributed by atoms with Crippen molar-refractivity contribution in [3.05, 3.63) is 89.0 Å². The molecule has 0 unspecified atom stereocenters. The molecule has 1 saturated heterocycles. The standard InChI is InChI=1S/C45H49N3O14/c1-23(2)37(48-45(56)58-22-35-33-14-10-8-12-31(33)32-13-9-11-15-34(32)35)43(54)46-24(3)42(53)47-30-18-16-29(21-49)28(20-30)17-19-36-38(59-25(4)50)39(60-26(5)51)40(61-27(6)52)41(62-36)44(55)57-7/h8-16,18,20,23-24,35-41,49H,21-22H2,1-7H3,(H,46,54)(H,47,53)(H,48,56)/t24-,36-,37-,38-,39+,40-,41-/m0/s1. The fraction of sp³-hybridized carbons (Fsp3) is 0.400. The van der Waals surface area contributed by atoms with Gasteiger partial charge < -0.3 is 49.5 Å². The number of anilines is 1. The normalized spacial score (nSPS) is 19.8. The minimum absolute atomic E-state index is 0.0480. The molecular formula is C45H49N3O14. The van der Waals surface area contributed by atoms with Gasteiger partial charge in [0.1, 0.15) is 18.7 Å². The minimum Gasteiger partial charge on any atom is -0.467 e. The molecule has 1 aliphatic heterocycles. The van der Waals surface area contributed by atoms with Crippen LogP contribution in [0.4, 0.5) is 10.5 Å². The summed E-state index contributed by atoms with van der Waals surface area (Å²) in [6.45, 7) is 7.67. The predicted octanol–water partition coefficient (Wildman–Crippen LogP) is 3.27. The van der Waals surface area contributed by atoms with Crippen molar-refractivity contribution in [3.63, 3.8) is 0 Å². The van der Waals surface area contributed by atoms with Gasteiger partial charge in [-0.1, -0.05) is 80.3 Å². The number of esters is 4. The molecule has 328 valence electrons. The molecule has 7 atom stereocenters. The average molecular weight is 856 g/mol. The Morgan fingerprint density at radius 3 is 1.90 bits per heavy atom. The maximum atomic E-state index is 13.4. The van der Waals surface area contributed by atoms with E-state index in [4.69, 9.17) is 28.4 Å². The number of ether oxygens (including phenoxy) is 6. The van der Waals surface area contributed by atoms with E-state index in [9.17, 15) is 38.7 Å². The molecular weight excluding hydrogens is 807 g/mol. The number of nitrogens with one attached hydrogen (secondary N) is 3. The number of carbonyl (C=O) groups excluding carboxylic acids is 7. The van der Waals surface area contributed by atoms with Crippen LogP contribution in [0.5, 0.6) is 0 Å². The minimum atomic E-state index is -1.66. The van der Waals surface area contributed by atoms with E-state index in [0.29, 0.717) is 5.56 Å². The second-order valence-electron chi connectivity index (χ2n) is 14.9. The van der Waals surface area contributed by atoms with Crippen LogP contribution in [0.2, 0.25) is 0 Å². The summed E-state index contributed by atoms with van der Waals surface area (Å²) in [5.41, 5.74) is 4.89. The van der Waals surface area contributed by atoms with Crippen molar-refractivity contribution < 1.29 is 67.1 Å². The quantitative estimate of drug-likeness (QED) is 0.110. The first-order chi connectivity index (χ1) is 29.5. The molecule has 17 heteroatoms. The van der Waals surface area contributed by atoms with Crippen LogP contribution < -0.4 is 16.0 Å². The molecule has 1 heterocycles. The number of aliphatic hydroxyl groups excluding tert-OH is 1. The maximum Gasteiger partial charge on any atom is 0.407 e. The molecule has 2 aliphatic rings. The van der Waals surface area contributed by atoms with E-state index in [2.05, 4.69) is 27.8 Å². The Bertz CT molecular complexity index is 2220. The van der Waals surface area contributed by atoms with Gasteiger partial charge in [0.2, 0.25) is 11.8 Å². The fourth-order valence-electron chi connectivity index (χ4n) is 7.21. The second-order valence-corrected chi connectivity index (χ2v) is 14.9. The first-order valence-corrected chi connectivity index (χ1v) is 19.8. The molecule has 0 aromatic heterocycles. The molecule has 3 aromatic rings. The molecule has 0 saturated carbocycles. The van der Waals surface area contributed by atoms with Crippen LogP contribution in [0.3, 0.4) is 0 Å². The van der Waals surface area contributed by atoms with Crippen molar-refractivity contribution in [1.82, 2.24) is 10.6 Å². The van der Waals surface area contributed by atoms with Gasteiger partial charge >= 0.3 is 30.0 Å². The predicted molar refractivity (Wildman–Crippen MR) is 220 cm³/mol. The smallest absolute Gasteiger partial charge is 0.407 e. The first kappa shape index (κ1) is 46.3. The Hall–Kier alpha value is -6.77. The summed E-state index contributed by atoms with van der Waals surface area (Å²) in [7, 11) is 1.06. The van der Waals surface area contributed by atoms with Gasteiger partial charge in [-0.2, -0.15) is 0 Å². The third-order valence-electron chi connectivity index (χ3n) is 10.1. The highest BCUT2D eigenvalue weighted by molar-refractivity contribution is 5.98. The van der Waals surface area contributed by atoms with E-state index in [1.54, 1.807) is 13.8 Å². The zero-order chi connectivity index (χ0) is 45.2. The number of alkyl carbamates (subject to hydrolysis) is 1. The van der Waals surface area contributed by atoms with Gasteiger partial charge in [-0.05, 0) is 52.8 Å². The SMILES string of the molecule is COC(=O)[C@H]1O[C@@H](C#Cc2cc(NC(=O)[C@H](C)NC(=O)[C@@H](NC(=O)OCC3c4ccccc4-c4ccccc43)C(C)C)ccc2CO)[C@H](OC(C)=O)[C@@H](OC(C)=O)[C@@H]1OC(C)=O. The van der Waals surface area contributed by atoms with Gasteiger partial charge in [0.05, 0.1) is 13.7 Å². The van der Waals surface area contributed by atoms with Crippen LogP contribution in [0.1, 0.15) is 69.7 Å². The van der Waals surface area contributed by atoms with Gasteiger partial charge in [0.25, 0.3) is 0 Å². The zero-order valence-electron chi connectivity index (χ0n) is 35.2. The third kappa shape index (κ3) is 11.1. The summed E-state index contributed by atoms with van der Waals surface area (Å²) < 4.78 is 32.4. The molecule has 5 rings (SSSR count). The van der Waals surface area contributed by atoms with Crippen LogP contribution in [-0.4, -0.2) is 103 Å². The number of amides is 3. The van der Waals surface area contributed by atoms with Crippen LogP contribution in [0, 0.1) is 17.8 Å². The highest BCUT2D eigenvalue weighted by Crippen LogP contribution is 2.44. The van der Waals surface area contributed by atoms with E-state index in [1.807, 2.05) is 48.5 Å². The van der Waals surface area contributed by atoms with Gasteiger partial charge in [0.15, 0.2) is 30.5 Å². The Morgan fingerprint density at radius 1 is 0.758 bits per heavy atom. The fourth-order valence-corrected chi connectivity index (χ4v) is 7.21. The largest absolute Gasteiger partial charge is 0.467 e. The van der Waals surface area contributed by atoms with Crippen LogP contribution in [0.15, 0.2) is 66.7 Å². The molecule has 3 aromatic carbocycles. The number of hydrogen-bond donors (Lipinski definition) is 4. The van der Waals surface area contributed by atoms with Crippen molar-refractivity contribution in [1.29, 1.82) is 0 Å². The molecule has 62 heavy (non-hydrogen) atoms. The summed E-state index contributed by atoms with van der Waals surface area (Å²) in [5, 5.41) is 18.1. The number of benzene rings is 3. The maximum absolute atomic E-state index is 13.4. The lowest BCUT2D eigenvalue weighted by Crippen LogP contribution is -2.63. The number of rotatable bonds is 13. The van der Waals surface area contributed by atoms with Crippen molar-refractivity contribution in [2.75, 3.05) is 19.0 Å². The monoisotopic (exact) mass is 855 g/mol. The lowest BCUT2D eigenvalue weighted by atomic mass is 9.93. The number of carbonyl (C=O) groups is 7. The second kappa shape index (κ2) is 20.7. The van der Waals surface area contributed by atoms with E-state index >= 15 is 0 Å². The van der Waals surface area contributed by atoms with Crippen molar-refractivity contribution in [2.24, 2.45) is 5.92 Å². The molecule has 1 aliphatic carbocycles. The summed E-state index contributed by atoms with van der Waals surface area (Å²) >= 11 is 0. The van der Waals surface area contributed by atoms with Gasteiger partial charge in [-0.3, -0.25) is 24.0 Å². The van der Waals surface area contributed by atoms with Gasteiger partial charge in [0, 0.05) is 37.9 Å². The number of fused-ring (bicyclic) bond motifs is 3. The van der Waals surface area contributed by atoms with Gasteiger partial charge in [-0.25, -0.2) is 9.59 Å². The lowest BCUT2D eigenvalue weighted by molar-refractivity contribution is -0.239. The van der Waals surface area contributed by atoms with Gasteiger partial charge in [-0.15, -0.1) is 0 Å². The summed E-state index contributed by atoms with van der Waals surface area (Å²) in [5.74, 6) is 0.164. The Morgan fingerprint density at radius 2 is 1.34 bits per heavy atom. The molecule has 0 bridgehead atoms. The summed E-state index contributed by atoms with van der Waals surface area (Å²) in [6.07, 6.45) is -8.58. The summed E-state index contributed by atoms with van der Waals surface area (Å²) in [4.78, 5) is 89.1. The Labute approximate surface area is 358 Å². The zero-order valence-corrected chi connectivity index (χ0v) is 35.2. The third-order valence-corrected chi connectivity index (χ3v) is 10.1. The van der Waals surface area contributed by atoms with Crippen LogP contribution >= 0.6 is 0 Å². The Kier molecular flexibility index (Phi) is 15.4. The number of hydrogen-bond acceptors (Lipinski definition) is 14. The van der Waals surface area contributed by atoms with E-state index in [0.717, 1.165) is 50.1 Å². The van der Waals surface area contributed by atoms with Crippen LogP contribution in [-0.2, 0) is 63.8 Å². The highest BCUT2D eigenvalue weighted by Gasteiger charge is 2.54. The average Bonchev–Trinajstić information content (AvgIpc) is 3.55. The number of methoxy groups -OCH3 is 1.